The molecule has 0 atom stereocenters. The quantitative estimate of drug-likeness (QED) is 0.515. The zero-order valence-electron chi connectivity index (χ0n) is 18.5. The Bertz CT molecular complexity index is 927. The van der Waals surface area contributed by atoms with E-state index < -0.39 is 0 Å². The Morgan fingerprint density at radius 3 is 2.67 bits per heavy atom. The van der Waals surface area contributed by atoms with Crippen molar-refractivity contribution in [2.75, 3.05) is 6.61 Å². The second-order valence-corrected chi connectivity index (χ2v) is 8.55. The summed E-state index contributed by atoms with van der Waals surface area (Å²) >= 11 is 6.23. The minimum atomic E-state index is -0.320. The van der Waals surface area contributed by atoms with Gasteiger partial charge in [0.2, 0.25) is 0 Å². The van der Waals surface area contributed by atoms with Gasteiger partial charge in [0.1, 0.15) is 18.1 Å². The lowest BCUT2D eigenvalue weighted by atomic mass is 10.1. The molecule has 0 spiro atoms. The van der Waals surface area contributed by atoms with E-state index in [0.717, 1.165) is 29.0 Å². The highest BCUT2D eigenvalue weighted by Crippen LogP contribution is 2.26. The van der Waals surface area contributed by atoms with E-state index in [0.29, 0.717) is 23.7 Å². The molecule has 1 aromatic carbocycles. The third-order valence-electron chi connectivity index (χ3n) is 4.25. The zero-order valence-corrected chi connectivity index (χ0v) is 19.2. The average Bonchev–Trinajstić information content (AvgIpc) is 2.68. The third-order valence-corrected chi connectivity index (χ3v) is 4.49. The van der Waals surface area contributed by atoms with Gasteiger partial charge < -0.3 is 10.1 Å². The van der Waals surface area contributed by atoms with Crippen molar-refractivity contribution in [1.82, 2.24) is 10.3 Å². The molecule has 0 saturated heterocycles. The number of aromatic nitrogens is 1. The van der Waals surface area contributed by atoms with E-state index in [-0.39, 0.29) is 11.4 Å². The highest BCUT2D eigenvalue weighted by Gasteiger charge is 2.17. The molecule has 0 bridgehead atoms. The highest BCUT2D eigenvalue weighted by molar-refractivity contribution is 6.30. The maximum absolute atomic E-state index is 12.5. The van der Waals surface area contributed by atoms with Gasteiger partial charge in [0.05, 0.1) is 0 Å². The first-order chi connectivity index (χ1) is 14.2. The van der Waals surface area contributed by atoms with Crippen molar-refractivity contribution in [3.05, 3.63) is 82.2 Å². The molecule has 160 valence electrons. The van der Waals surface area contributed by atoms with E-state index in [4.69, 9.17) is 16.3 Å². The van der Waals surface area contributed by atoms with E-state index in [1.807, 2.05) is 64.1 Å². The van der Waals surface area contributed by atoms with E-state index in [1.54, 1.807) is 6.07 Å². The number of hydrogen-bond acceptors (Lipinski definition) is 3. The summed E-state index contributed by atoms with van der Waals surface area (Å²) in [6.45, 7) is 10.4. The monoisotopic (exact) mass is 426 g/mol. The molecule has 2 rings (SSSR count). The molecular formula is C25H31ClN2O2. The van der Waals surface area contributed by atoms with Gasteiger partial charge in [-0.25, -0.2) is 4.98 Å². The molecule has 5 heteroatoms. The molecule has 30 heavy (non-hydrogen) atoms. The van der Waals surface area contributed by atoms with Crippen molar-refractivity contribution in [3.63, 3.8) is 0 Å². The largest absolute Gasteiger partial charge is 0.489 e. The standard InChI is InChI=1S/C25H31ClN2O2/c1-6-8-10-18(7-2)17-30-23-14-13-20(26)15-19(23)16-21-11-9-12-22(27-21)24(29)28-25(3,4)5/h7-15H,6,16-17H2,1-5H3,(H,28,29)/b10-8-,18-7+. The van der Waals surface area contributed by atoms with Crippen molar-refractivity contribution < 1.29 is 9.53 Å². The normalized spacial score (nSPS) is 12.3. The number of carbonyl (C=O) groups is 1. The van der Waals surface area contributed by atoms with Crippen molar-refractivity contribution in [2.24, 2.45) is 0 Å². The number of halogens is 1. The predicted octanol–water partition coefficient (Wildman–Crippen LogP) is 6.15. The maximum atomic E-state index is 12.5. The number of allylic oxidation sites excluding steroid dienone is 2. The molecule has 1 N–H and O–H groups in total. The van der Waals surface area contributed by atoms with Crippen molar-refractivity contribution in [2.45, 2.75) is 53.0 Å². The van der Waals surface area contributed by atoms with Crippen LogP contribution in [0.2, 0.25) is 5.02 Å². The number of ether oxygens (including phenoxy) is 1. The lowest BCUT2D eigenvalue weighted by Crippen LogP contribution is -2.41. The van der Waals surface area contributed by atoms with Gasteiger partial charge in [-0.2, -0.15) is 0 Å². The molecule has 1 aromatic heterocycles. The Balaban J connectivity index is 2.20. The Kier molecular flexibility index (Phi) is 8.67. The van der Waals surface area contributed by atoms with Crippen LogP contribution in [-0.2, 0) is 6.42 Å². The first kappa shape index (κ1) is 23.7. The molecule has 2 aromatic rings. The van der Waals surface area contributed by atoms with Gasteiger partial charge in [-0.05, 0) is 70.0 Å². The fourth-order valence-corrected chi connectivity index (χ4v) is 2.98. The number of hydrogen-bond donors (Lipinski definition) is 1. The number of amides is 1. The maximum Gasteiger partial charge on any atom is 0.270 e. The van der Waals surface area contributed by atoms with Crippen LogP contribution in [0.4, 0.5) is 0 Å². The first-order valence-electron chi connectivity index (χ1n) is 10.2. The Labute approximate surface area is 185 Å². The number of rotatable bonds is 8. The first-order valence-corrected chi connectivity index (χ1v) is 10.6. The van der Waals surface area contributed by atoms with Gasteiger partial charge in [-0.3, -0.25) is 4.79 Å². The number of nitrogens with zero attached hydrogens (tertiary/aromatic N) is 1. The van der Waals surface area contributed by atoms with E-state index >= 15 is 0 Å². The van der Waals surface area contributed by atoms with Gasteiger partial charge in [-0.15, -0.1) is 0 Å². The fourth-order valence-electron chi connectivity index (χ4n) is 2.79. The van der Waals surface area contributed by atoms with Crippen molar-refractivity contribution >= 4 is 17.5 Å². The Morgan fingerprint density at radius 1 is 1.23 bits per heavy atom. The summed E-state index contributed by atoms with van der Waals surface area (Å²) < 4.78 is 6.07. The molecule has 4 nitrogen and oxygen atoms in total. The van der Waals surface area contributed by atoms with Crippen molar-refractivity contribution in [1.29, 1.82) is 0 Å². The molecule has 0 aliphatic heterocycles. The summed E-state index contributed by atoms with van der Waals surface area (Å²) in [5.41, 5.74) is 2.89. The van der Waals surface area contributed by atoms with Crippen LogP contribution >= 0.6 is 11.6 Å². The highest BCUT2D eigenvalue weighted by atomic mass is 35.5. The summed E-state index contributed by atoms with van der Waals surface area (Å²) in [5.74, 6) is 0.572. The number of carbonyl (C=O) groups excluding carboxylic acids is 1. The second kappa shape index (κ2) is 11.0. The molecule has 0 aliphatic rings. The zero-order chi connectivity index (χ0) is 22.1. The summed E-state index contributed by atoms with van der Waals surface area (Å²) in [6, 6.07) is 11.1. The van der Waals surface area contributed by atoms with Crippen LogP contribution in [0.3, 0.4) is 0 Å². The molecule has 1 heterocycles. The fraction of sp³-hybridized carbons (Fsp3) is 0.360. The van der Waals surface area contributed by atoms with Gasteiger partial charge in [0.25, 0.3) is 5.91 Å². The molecular weight excluding hydrogens is 396 g/mol. The van der Waals surface area contributed by atoms with Crippen molar-refractivity contribution in [3.8, 4) is 5.75 Å². The Morgan fingerprint density at radius 2 is 2.00 bits per heavy atom. The summed E-state index contributed by atoms with van der Waals surface area (Å²) in [7, 11) is 0. The van der Waals surface area contributed by atoms with Crippen LogP contribution < -0.4 is 10.1 Å². The Hall–Kier alpha value is -2.59. The van der Waals surface area contributed by atoms with E-state index in [2.05, 4.69) is 29.4 Å². The molecule has 0 unspecified atom stereocenters. The number of benzene rings is 1. The van der Waals surface area contributed by atoms with Crippen LogP contribution in [0.5, 0.6) is 5.75 Å². The van der Waals surface area contributed by atoms with Gasteiger partial charge in [-0.1, -0.05) is 42.8 Å². The number of nitrogens with one attached hydrogen (secondary N) is 1. The van der Waals surface area contributed by atoms with E-state index in [9.17, 15) is 4.79 Å². The predicted molar refractivity (Wildman–Crippen MR) is 124 cm³/mol. The lowest BCUT2D eigenvalue weighted by Gasteiger charge is -2.20. The summed E-state index contributed by atoms with van der Waals surface area (Å²) in [6.07, 6.45) is 7.73. The van der Waals surface area contributed by atoms with Crippen LogP contribution in [0.15, 0.2) is 60.2 Å². The van der Waals surface area contributed by atoms with Gasteiger partial charge in [0, 0.05) is 28.2 Å². The molecule has 0 fully saturated rings. The van der Waals surface area contributed by atoms with Crippen LogP contribution in [0.1, 0.15) is 62.8 Å². The molecule has 0 radical (unpaired) electrons. The summed E-state index contributed by atoms with van der Waals surface area (Å²) in [5, 5.41) is 3.58. The average molecular weight is 427 g/mol. The summed E-state index contributed by atoms with van der Waals surface area (Å²) in [4.78, 5) is 17.0. The molecule has 0 saturated carbocycles. The van der Waals surface area contributed by atoms with Crippen LogP contribution in [-0.4, -0.2) is 23.0 Å². The molecule has 1 amide bonds. The third kappa shape index (κ3) is 7.68. The SMILES string of the molecule is C/C=C(\C=C/CC)COc1ccc(Cl)cc1Cc1cccc(C(=O)NC(C)(C)C)n1. The second-order valence-electron chi connectivity index (χ2n) is 8.11. The van der Waals surface area contributed by atoms with E-state index in [1.165, 1.54) is 0 Å². The van der Waals surface area contributed by atoms with Crippen LogP contribution in [0.25, 0.3) is 0 Å². The minimum Gasteiger partial charge on any atom is -0.489 e. The smallest absolute Gasteiger partial charge is 0.270 e. The number of pyridine rings is 1. The van der Waals surface area contributed by atoms with Crippen LogP contribution in [0, 0.1) is 0 Å². The molecule has 0 aliphatic carbocycles. The van der Waals surface area contributed by atoms with Gasteiger partial charge in [0.15, 0.2) is 0 Å². The minimum absolute atomic E-state index is 0.188. The lowest BCUT2D eigenvalue weighted by molar-refractivity contribution is 0.0914. The van der Waals surface area contributed by atoms with Gasteiger partial charge >= 0.3 is 0 Å². The topological polar surface area (TPSA) is 51.2 Å².